The quantitative estimate of drug-likeness (QED) is 0.263. The number of alkyl halides is 2. The summed E-state index contributed by atoms with van der Waals surface area (Å²) in [5.41, 5.74) is -1.12. The molecule has 7 nitrogen and oxygen atoms in total. The second-order valence-electron chi connectivity index (χ2n) is 6.56. The van der Waals surface area contributed by atoms with Crippen LogP contribution < -0.4 is 5.32 Å². The largest absolute Gasteiger partial charge is 0.519 e. The maximum atomic E-state index is 12.8. The first kappa shape index (κ1) is 19.1. The van der Waals surface area contributed by atoms with Crippen molar-refractivity contribution in [2.45, 2.75) is 35.2 Å². The fourth-order valence-electron chi connectivity index (χ4n) is 2.59. The lowest BCUT2D eigenvalue weighted by molar-refractivity contribution is -0.156. The molecule has 2 amide bonds. The van der Waals surface area contributed by atoms with Gasteiger partial charge in [0.15, 0.2) is 0 Å². The first-order valence-corrected chi connectivity index (χ1v) is 13.6. The molecule has 0 aromatic carbocycles. The molecule has 130 valence electrons. The van der Waals surface area contributed by atoms with Gasteiger partial charge in [0.1, 0.15) is 21.0 Å². The lowest BCUT2D eigenvalue weighted by atomic mass is 9.89. The normalized spacial score (nSPS) is 36.7. The third-order valence-electron chi connectivity index (χ3n) is 3.76. The van der Waals surface area contributed by atoms with Gasteiger partial charge in [-0.3, -0.25) is 18.6 Å². The van der Waals surface area contributed by atoms with Gasteiger partial charge in [-0.2, -0.15) is 0 Å². The van der Waals surface area contributed by atoms with Gasteiger partial charge >= 0.3 is 5.97 Å². The molecular weight excluding hydrogens is 472 g/mol. The van der Waals surface area contributed by atoms with Crippen molar-refractivity contribution < 1.29 is 23.0 Å². The topological polar surface area (TPSA) is 92.8 Å². The summed E-state index contributed by atoms with van der Waals surface area (Å²) in [6, 6.07) is -0.797. The average Bonchev–Trinajstić information content (AvgIpc) is 2.46. The van der Waals surface area contributed by atoms with Crippen molar-refractivity contribution in [3.05, 3.63) is 0 Å². The Hall–Kier alpha value is -0.263. The van der Waals surface area contributed by atoms with Gasteiger partial charge in [0.2, 0.25) is 20.6 Å². The second-order valence-corrected chi connectivity index (χ2v) is 14.7. The van der Waals surface area contributed by atoms with E-state index < -0.39 is 46.1 Å². The van der Waals surface area contributed by atoms with E-state index in [4.69, 9.17) is 4.43 Å². The van der Waals surface area contributed by atoms with E-state index in [1.165, 1.54) is 4.90 Å². The molecule has 0 saturated carbocycles. The number of nitrogens with zero attached hydrogens (tertiary/aromatic N) is 1. The summed E-state index contributed by atoms with van der Waals surface area (Å²) in [6.07, 6.45) is 0.423. The predicted molar refractivity (Wildman–Crippen MR) is 95.0 cm³/mol. The zero-order chi connectivity index (χ0) is 17.6. The third-order valence-corrected chi connectivity index (χ3v) is 9.40. The summed E-state index contributed by atoms with van der Waals surface area (Å²) in [7, 11) is -3.69. The van der Waals surface area contributed by atoms with Crippen LogP contribution in [-0.4, -0.2) is 63.2 Å². The van der Waals surface area contributed by atoms with Crippen LogP contribution in [0.1, 0.15) is 0 Å². The van der Waals surface area contributed by atoms with Gasteiger partial charge in [0.05, 0.1) is 10.8 Å². The van der Waals surface area contributed by atoms with Crippen molar-refractivity contribution >= 4 is 69.3 Å². The highest BCUT2D eigenvalue weighted by Crippen LogP contribution is 2.45. The molecule has 11 heteroatoms. The van der Waals surface area contributed by atoms with E-state index >= 15 is 0 Å². The van der Waals surface area contributed by atoms with E-state index in [0.29, 0.717) is 6.41 Å². The third kappa shape index (κ3) is 3.16. The molecule has 0 radical (unpaired) electrons. The van der Waals surface area contributed by atoms with E-state index in [1.807, 2.05) is 19.6 Å². The number of β-lactam (4-membered cyclic amide) rings is 1. The van der Waals surface area contributed by atoms with Crippen LogP contribution in [0.5, 0.6) is 0 Å². The Kier molecular flexibility index (Phi) is 5.44. The highest BCUT2D eigenvalue weighted by Gasteiger charge is 2.64. The minimum atomic E-state index is -2.14. The van der Waals surface area contributed by atoms with Crippen LogP contribution in [-0.2, 0) is 29.6 Å². The molecule has 5 atom stereocenters. The van der Waals surface area contributed by atoms with Crippen LogP contribution in [0.2, 0.25) is 19.6 Å². The van der Waals surface area contributed by atoms with Crippen LogP contribution >= 0.6 is 31.9 Å². The monoisotopic (exact) mass is 488 g/mol. The molecule has 2 saturated heterocycles. The highest BCUT2D eigenvalue weighted by atomic mass is 79.9. The van der Waals surface area contributed by atoms with Gasteiger partial charge in [-0.05, 0) is 19.6 Å². The van der Waals surface area contributed by atoms with E-state index in [9.17, 15) is 18.6 Å². The van der Waals surface area contributed by atoms with Gasteiger partial charge in [-0.25, -0.2) is 0 Å². The molecule has 2 fully saturated rings. The number of amides is 2. The smallest absolute Gasteiger partial charge is 0.303 e. The number of fused-ring (bicyclic) bond motifs is 1. The molecule has 4 unspecified atom stereocenters. The van der Waals surface area contributed by atoms with Gasteiger partial charge in [0.25, 0.3) is 0 Å². The van der Waals surface area contributed by atoms with Crippen molar-refractivity contribution in [2.24, 2.45) is 5.41 Å². The Bertz CT molecular complexity index is 572. The second kappa shape index (κ2) is 6.56. The minimum absolute atomic E-state index is 0.101. The standard InChI is InChI=1S/C12H18Br2N2O5SSi/c1-23(2,3)21-11(19)12(4-13)5-16-8(18)7(15-6-17)9(16)22(20)10(12)14/h6-7,9-10H,4-5H2,1-3H3,(H,15,17)/t7?,9-,10?,12?,22?/m1/s1. The van der Waals surface area contributed by atoms with Gasteiger partial charge in [0, 0.05) is 11.9 Å². The Morgan fingerprint density at radius 2 is 2.17 bits per heavy atom. The number of halogens is 2. The molecule has 2 heterocycles. The zero-order valence-electron chi connectivity index (χ0n) is 12.9. The lowest BCUT2D eigenvalue weighted by Crippen LogP contribution is -2.78. The number of carbonyl (C=O) groups is 3. The Morgan fingerprint density at radius 1 is 1.57 bits per heavy atom. The number of carbonyl (C=O) groups excluding carboxylic acids is 3. The van der Waals surface area contributed by atoms with E-state index in [2.05, 4.69) is 37.2 Å². The zero-order valence-corrected chi connectivity index (χ0v) is 17.9. The molecule has 2 aliphatic heterocycles. The van der Waals surface area contributed by atoms with Crippen molar-refractivity contribution in [1.82, 2.24) is 10.2 Å². The van der Waals surface area contributed by atoms with Gasteiger partial charge in [-0.1, -0.05) is 31.9 Å². The number of nitrogens with one attached hydrogen (secondary N) is 1. The fourth-order valence-corrected chi connectivity index (χ4v) is 7.72. The predicted octanol–water partition coefficient (Wildman–Crippen LogP) is 0.512. The molecule has 2 aliphatic rings. The van der Waals surface area contributed by atoms with E-state index in [1.54, 1.807) is 0 Å². The van der Waals surface area contributed by atoms with Crippen LogP contribution in [0.4, 0.5) is 0 Å². The SMILES string of the molecule is C[Si](C)(C)OC(=O)C1(CBr)CN2C(=O)C(NC=O)[C@H]2S(=O)C1Br. The number of rotatable bonds is 5. The van der Waals surface area contributed by atoms with E-state index in [-0.39, 0.29) is 17.8 Å². The van der Waals surface area contributed by atoms with Crippen molar-refractivity contribution in [3.63, 3.8) is 0 Å². The maximum absolute atomic E-state index is 12.8. The summed E-state index contributed by atoms with van der Waals surface area (Å²) in [5.74, 6) is -0.789. The van der Waals surface area contributed by atoms with Gasteiger partial charge < -0.3 is 14.6 Å². The van der Waals surface area contributed by atoms with Crippen LogP contribution in [0, 0.1) is 5.41 Å². The average molecular weight is 490 g/mol. The molecular formula is C12H18Br2N2O5SSi. The summed E-state index contributed by atoms with van der Waals surface area (Å²) >= 11 is 6.70. The van der Waals surface area contributed by atoms with Gasteiger partial charge in [-0.15, -0.1) is 0 Å². The Morgan fingerprint density at radius 3 is 2.65 bits per heavy atom. The van der Waals surface area contributed by atoms with E-state index in [0.717, 1.165) is 0 Å². The molecule has 23 heavy (non-hydrogen) atoms. The van der Waals surface area contributed by atoms with Crippen molar-refractivity contribution in [1.29, 1.82) is 0 Å². The van der Waals surface area contributed by atoms with Crippen LogP contribution in [0.25, 0.3) is 0 Å². The molecule has 2 rings (SSSR count). The summed E-state index contributed by atoms with van der Waals surface area (Å²) in [5, 5.41) is 1.98. The number of hydrogen-bond acceptors (Lipinski definition) is 5. The lowest BCUT2D eigenvalue weighted by Gasteiger charge is -2.55. The molecule has 0 aliphatic carbocycles. The Balaban J connectivity index is 2.31. The van der Waals surface area contributed by atoms with Crippen molar-refractivity contribution in [3.8, 4) is 0 Å². The molecule has 0 aromatic heterocycles. The first-order chi connectivity index (χ1) is 10.6. The molecule has 0 aromatic rings. The summed E-state index contributed by atoms with van der Waals surface area (Å²) in [4.78, 5) is 36.9. The Labute approximate surface area is 154 Å². The first-order valence-electron chi connectivity index (χ1n) is 6.92. The highest BCUT2D eigenvalue weighted by molar-refractivity contribution is 9.11. The molecule has 0 bridgehead atoms. The fraction of sp³-hybridized carbons (Fsp3) is 0.750. The minimum Gasteiger partial charge on any atom is -0.519 e. The van der Waals surface area contributed by atoms with Crippen molar-refractivity contribution in [2.75, 3.05) is 11.9 Å². The number of hydrogen-bond donors (Lipinski definition) is 1. The molecule has 1 N–H and O–H groups in total. The van der Waals surface area contributed by atoms with Crippen LogP contribution in [0.3, 0.4) is 0 Å². The van der Waals surface area contributed by atoms with Crippen LogP contribution in [0.15, 0.2) is 0 Å². The summed E-state index contributed by atoms with van der Waals surface area (Å²) in [6.45, 7) is 5.76. The maximum Gasteiger partial charge on any atom is 0.303 e. The molecule has 0 spiro atoms. The summed E-state index contributed by atoms with van der Waals surface area (Å²) < 4.78 is 17.7.